The molecule has 15 heavy (non-hydrogen) atoms. The van der Waals surface area contributed by atoms with Gasteiger partial charge in [0.05, 0.1) is 11.4 Å². The molecular formula is C10H10N4O. The Hall–Kier alpha value is -2.30. The molecule has 4 N–H and O–H groups in total. The van der Waals surface area contributed by atoms with Crippen LogP contribution in [0.5, 0.6) is 0 Å². The lowest BCUT2D eigenvalue weighted by Crippen LogP contribution is -2.12. The van der Waals surface area contributed by atoms with Crippen LogP contribution in [0.25, 0.3) is 5.69 Å². The van der Waals surface area contributed by atoms with Crippen molar-refractivity contribution in [3.8, 4) is 5.69 Å². The summed E-state index contributed by atoms with van der Waals surface area (Å²) in [5.41, 5.74) is 12.6. The molecule has 0 aliphatic rings. The highest BCUT2D eigenvalue weighted by Crippen LogP contribution is 2.17. The Balaban J connectivity index is 2.55. The van der Waals surface area contributed by atoms with Crippen LogP contribution in [0.2, 0.25) is 0 Å². The van der Waals surface area contributed by atoms with Gasteiger partial charge in [-0.1, -0.05) is 0 Å². The Morgan fingerprint density at radius 2 is 2.20 bits per heavy atom. The number of carbonyl (C=O) groups excluding carboxylic acids is 1. The van der Waals surface area contributed by atoms with Crippen LogP contribution >= 0.6 is 0 Å². The van der Waals surface area contributed by atoms with Crippen molar-refractivity contribution < 1.29 is 4.79 Å². The average molecular weight is 202 g/mol. The third kappa shape index (κ3) is 1.67. The molecule has 5 heteroatoms. The highest BCUT2D eigenvalue weighted by atomic mass is 16.1. The first-order valence-electron chi connectivity index (χ1n) is 4.38. The summed E-state index contributed by atoms with van der Waals surface area (Å²) in [6.07, 6.45) is 3.38. The number of nitrogens with zero attached hydrogens (tertiary/aromatic N) is 2. The second-order valence-corrected chi connectivity index (χ2v) is 3.09. The van der Waals surface area contributed by atoms with Gasteiger partial charge >= 0.3 is 0 Å². The first-order valence-corrected chi connectivity index (χ1v) is 4.38. The minimum atomic E-state index is -0.483. The molecule has 2 aromatic rings. The van der Waals surface area contributed by atoms with Gasteiger partial charge in [-0.05, 0) is 24.3 Å². The summed E-state index contributed by atoms with van der Waals surface area (Å²) in [4.78, 5) is 11.0. The highest BCUT2D eigenvalue weighted by molar-refractivity contribution is 5.94. The predicted octanol–water partition coefficient (Wildman–Crippen LogP) is 0.553. The summed E-state index contributed by atoms with van der Waals surface area (Å²) < 4.78 is 1.59. The molecule has 5 nitrogen and oxygen atoms in total. The van der Waals surface area contributed by atoms with E-state index in [4.69, 9.17) is 11.5 Å². The van der Waals surface area contributed by atoms with E-state index in [-0.39, 0.29) is 0 Å². The van der Waals surface area contributed by atoms with Crippen molar-refractivity contribution >= 4 is 11.6 Å². The number of anilines is 1. The molecule has 0 saturated carbocycles. The molecule has 0 unspecified atom stereocenters. The zero-order valence-corrected chi connectivity index (χ0v) is 7.92. The van der Waals surface area contributed by atoms with Gasteiger partial charge in [-0.3, -0.25) is 4.79 Å². The fourth-order valence-corrected chi connectivity index (χ4v) is 1.31. The average Bonchev–Trinajstić information content (AvgIpc) is 2.71. The number of amides is 1. The molecule has 76 valence electrons. The lowest BCUT2D eigenvalue weighted by atomic mass is 10.1. The Kier molecular flexibility index (Phi) is 2.13. The summed E-state index contributed by atoms with van der Waals surface area (Å²) in [5.74, 6) is -0.483. The molecule has 0 aliphatic heterocycles. The zero-order chi connectivity index (χ0) is 10.8. The highest BCUT2D eigenvalue weighted by Gasteiger charge is 2.06. The zero-order valence-electron chi connectivity index (χ0n) is 7.92. The Bertz CT molecular complexity index is 490. The first-order chi connectivity index (χ1) is 7.18. The van der Waals surface area contributed by atoms with Gasteiger partial charge in [-0.15, -0.1) is 0 Å². The van der Waals surface area contributed by atoms with E-state index < -0.39 is 5.91 Å². The second kappa shape index (κ2) is 3.45. The number of benzene rings is 1. The summed E-state index contributed by atoms with van der Waals surface area (Å²) in [6, 6.07) is 6.61. The predicted molar refractivity (Wildman–Crippen MR) is 56.5 cm³/mol. The van der Waals surface area contributed by atoms with Crippen molar-refractivity contribution in [2.75, 3.05) is 5.73 Å². The Labute approximate surface area is 86.3 Å². The van der Waals surface area contributed by atoms with Gasteiger partial charge in [0.15, 0.2) is 0 Å². The molecule has 1 aromatic heterocycles. The number of rotatable bonds is 2. The van der Waals surface area contributed by atoms with Gasteiger partial charge in [-0.2, -0.15) is 5.10 Å². The molecule has 0 spiro atoms. The number of primary amides is 1. The van der Waals surface area contributed by atoms with Crippen LogP contribution in [-0.2, 0) is 0 Å². The van der Waals surface area contributed by atoms with Crippen molar-refractivity contribution in [3.63, 3.8) is 0 Å². The van der Waals surface area contributed by atoms with E-state index in [0.717, 1.165) is 0 Å². The van der Waals surface area contributed by atoms with Crippen molar-refractivity contribution in [2.45, 2.75) is 0 Å². The molecule has 1 heterocycles. The monoisotopic (exact) mass is 202 g/mol. The summed E-state index contributed by atoms with van der Waals surface area (Å²) in [6.45, 7) is 0. The van der Waals surface area contributed by atoms with Gasteiger partial charge in [0.1, 0.15) is 0 Å². The van der Waals surface area contributed by atoms with E-state index in [1.807, 2.05) is 0 Å². The third-order valence-corrected chi connectivity index (χ3v) is 2.07. The van der Waals surface area contributed by atoms with Gasteiger partial charge in [0.25, 0.3) is 0 Å². The van der Waals surface area contributed by atoms with Gasteiger partial charge < -0.3 is 11.5 Å². The Morgan fingerprint density at radius 3 is 2.80 bits per heavy atom. The minimum absolute atomic E-state index is 0.412. The number of aromatic nitrogens is 2. The van der Waals surface area contributed by atoms with Crippen LogP contribution in [0.4, 0.5) is 5.69 Å². The lowest BCUT2D eigenvalue weighted by Gasteiger charge is -2.06. The molecule has 0 aliphatic carbocycles. The standard InChI is InChI=1S/C10H10N4O/c11-8-3-2-7(10(12)15)6-9(8)14-5-1-4-13-14/h1-6H,11H2,(H2,12,15). The van der Waals surface area contributed by atoms with Crippen LogP contribution in [-0.4, -0.2) is 15.7 Å². The van der Waals surface area contributed by atoms with Gasteiger partial charge in [-0.25, -0.2) is 4.68 Å². The molecule has 0 saturated heterocycles. The van der Waals surface area contributed by atoms with Crippen molar-refractivity contribution in [1.82, 2.24) is 9.78 Å². The molecule has 0 fully saturated rings. The van der Waals surface area contributed by atoms with Crippen LogP contribution in [0.1, 0.15) is 10.4 Å². The molecule has 0 radical (unpaired) electrons. The summed E-state index contributed by atoms with van der Waals surface area (Å²) >= 11 is 0. The molecule has 0 atom stereocenters. The second-order valence-electron chi connectivity index (χ2n) is 3.09. The van der Waals surface area contributed by atoms with E-state index in [0.29, 0.717) is 16.9 Å². The maximum Gasteiger partial charge on any atom is 0.248 e. The normalized spacial score (nSPS) is 10.1. The summed E-state index contributed by atoms with van der Waals surface area (Å²) in [7, 11) is 0. The van der Waals surface area contributed by atoms with E-state index in [1.54, 1.807) is 41.3 Å². The smallest absolute Gasteiger partial charge is 0.248 e. The van der Waals surface area contributed by atoms with Crippen molar-refractivity contribution in [3.05, 3.63) is 42.2 Å². The van der Waals surface area contributed by atoms with Crippen LogP contribution in [0, 0.1) is 0 Å². The minimum Gasteiger partial charge on any atom is -0.397 e. The van der Waals surface area contributed by atoms with E-state index in [2.05, 4.69) is 5.10 Å². The SMILES string of the molecule is NC(=O)c1ccc(N)c(-n2cccn2)c1. The number of nitrogens with two attached hydrogens (primary N) is 2. The van der Waals surface area contributed by atoms with E-state index >= 15 is 0 Å². The molecule has 1 aromatic carbocycles. The topological polar surface area (TPSA) is 86.9 Å². The molecule has 2 rings (SSSR count). The quantitative estimate of drug-likeness (QED) is 0.697. The fraction of sp³-hybridized carbons (Fsp3) is 0. The number of hydrogen-bond acceptors (Lipinski definition) is 3. The Morgan fingerprint density at radius 1 is 1.40 bits per heavy atom. The largest absolute Gasteiger partial charge is 0.397 e. The van der Waals surface area contributed by atoms with E-state index in [1.165, 1.54) is 0 Å². The number of carbonyl (C=O) groups is 1. The van der Waals surface area contributed by atoms with Crippen LogP contribution in [0.3, 0.4) is 0 Å². The third-order valence-electron chi connectivity index (χ3n) is 2.07. The molecule has 1 amide bonds. The lowest BCUT2D eigenvalue weighted by molar-refractivity contribution is 0.100. The van der Waals surface area contributed by atoms with Crippen LogP contribution < -0.4 is 11.5 Å². The van der Waals surface area contributed by atoms with E-state index in [9.17, 15) is 4.79 Å². The fourth-order valence-electron chi connectivity index (χ4n) is 1.31. The maximum absolute atomic E-state index is 11.0. The maximum atomic E-state index is 11.0. The molecule has 0 bridgehead atoms. The molecular weight excluding hydrogens is 192 g/mol. The van der Waals surface area contributed by atoms with Gasteiger partial charge in [0, 0.05) is 18.0 Å². The van der Waals surface area contributed by atoms with Crippen LogP contribution in [0.15, 0.2) is 36.7 Å². The number of nitrogen functional groups attached to an aromatic ring is 1. The van der Waals surface area contributed by atoms with Crippen molar-refractivity contribution in [2.24, 2.45) is 5.73 Å². The number of hydrogen-bond donors (Lipinski definition) is 2. The van der Waals surface area contributed by atoms with Gasteiger partial charge in [0.2, 0.25) is 5.91 Å². The van der Waals surface area contributed by atoms with Crippen molar-refractivity contribution in [1.29, 1.82) is 0 Å². The summed E-state index contributed by atoms with van der Waals surface area (Å²) in [5, 5.41) is 4.03. The first kappa shape index (κ1) is 9.26.